The molecule has 2 aromatic rings. The lowest BCUT2D eigenvalue weighted by molar-refractivity contribution is -0.118. The number of amides is 3. The van der Waals surface area contributed by atoms with Crippen LogP contribution in [0.15, 0.2) is 54.6 Å². The second-order valence-electron chi connectivity index (χ2n) is 7.13. The van der Waals surface area contributed by atoms with Crippen LogP contribution in [0.2, 0.25) is 0 Å². The fourth-order valence-corrected chi connectivity index (χ4v) is 2.21. The maximum absolute atomic E-state index is 12.0. The first-order chi connectivity index (χ1) is 13.7. The molecule has 8 heteroatoms. The zero-order chi connectivity index (χ0) is 21.3. The van der Waals surface area contributed by atoms with Crippen molar-refractivity contribution in [2.75, 3.05) is 23.8 Å². The van der Waals surface area contributed by atoms with Gasteiger partial charge in [0.1, 0.15) is 17.9 Å². The predicted molar refractivity (Wildman–Crippen MR) is 110 cm³/mol. The smallest absolute Gasteiger partial charge is 0.408 e. The van der Waals surface area contributed by atoms with E-state index in [0.717, 1.165) is 0 Å². The second-order valence-corrected chi connectivity index (χ2v) is 7.13. The average Bonchev–Trinajstić information content (AvgIpc) is 2.64. The van der Waals surface area contributed by atoms with Gasteiger partial charge < -0.3 is 25.4 Å². The van der Waals surface area contributed by atoms with Crippen LogP contribution in [0.1, 0.15) is 20.8 Å². The number of ether oxygens (including phenoxy) is 2. The van der Waals surface area contributed by atoms with Crippen LogP contribution in [0.4, 0.5) is 16.2 Å². The Labute approximate surface area is 169 Å². The van der Waals surface area contributed by atoms with Gasteiger partial charge in [-0.05, 0) is 51.1 Å². The molecule has 0 aromatic heterocycles. The molecule has 0 aliphatic rings. The molecule has 0 heterocycles. The first-order valence-corrected chi connectivity index (χ1v) is 9.06. The molecule has 2 aromatic carbocycles. The van der Waals surface area contributed by atoms with Crippen molar-refractivity contribution in [1.29, 1.82) is 0 Å². The van der Waals surface area contributed by atoms with Gasteiger partial charge in [-0.15, -0.1) is 0 Å². The van der Waals surface area contributed by atoms with Crippen molar-refractivity contribution >= 4 is 29.3 Å². The number of hydrogen-bond donors (Lipinski definition) is 3. The van der Waals surface area contributed by atoms with Crippen LogP contribution >= 0.6 is 0 Å². The van der Waals surface area contributed by atoms with Gasteiger partial charge >= 0.3 is 6.09 Å². The molecular weight excluding hydrogens is 374 g/mol. The number of para-hydroxylation sites is 1. The summed E-state index contributed by atoms with van der Waals surface area (Å²) >= 11 is 0. The van der Waals surface area contributed by atoms with Gasteiger partial charge in [-0.25, -0.2) is 4.79 Å². The van der Waals surface area contributed by atoms with Crippen LogP contribution in [0, 0.1) is 0 Å². The summed E-state index contributed by atoms with van der Waals surface area (Å²) in [5, 5.41) is 7.72. The first-order valence-electron chi connectivity index (χ1n) is 9.06. The minimum absolute atomic E-state index is 0.138. The van der Waals surface area contributed by atoms with Crippen LogP contribution in [0.5, 0.6) is 5.75 Å². The summed E-state index contributed by atoms with van der Waals surface area (Å²) in [5.41, 5.74) is 0.337. The maximum atomic E-state index is 12.0. The Morgan fingerprint density at radius 1 is 0.862 bits per heavy atom. The van der Waals surface area contributed by atoms with Crippen LogP contribution in [-0.4, -0.2) is 36.7 Å². The number of carbonyl (C=O) groups excluding carboxylic acids is 3. The minimum Gasteiger partial charge on any atom is -0.484 e. The summed E-state index contributed by atoms with van der Waals surface area (Å²) < 4.78 is 10.5. The molecule has 0 aliphatic carbocycles. The quantitative estimate of drug-likeness (QED) is 0.663. The molecular formula is C21H25N3O5. The molecule has 3 amide bonds. The molecule has 0 bridgehead atoms. The molecule has 0 aliphatic heterocycles. The zero-order valence-electron chi connectivity index (χ0n) is 16.7. The minimum atomic E-state index is -0.674. The van der Waals surface area contributed by atoms with Crippen molar-refractivity contribution in [3.8, 4) is 5.75 Å². The number of alkyl carbamates (subject to hydrolysis) is 1. The number of rotatable bonds is 7. The van der Waals surface area contributed by atoms with Gasteiger partial charge in [0.05, 0.1) is 0 Å². The fraction of sp³-hybridized carbons (Fsp3) is 0.286. The van der Waals surface area contributed by atoms with E-state index in [4.69, 9.17) is 9.47 Å². The van der Waals surface area contributed by atoms with Gasteiger partial charge in [0.15, 0.2) is 6.61 Å². The number of anilines is 2. The number of benzene rings is 2. The maximum Gasteiger partial charge on any atom is 0.408 e. The van der Waals surface area contributed by atoms with Crippen molar-refractivity contribution in [2.45, 2.75) is 26.4 Å². The molecule has 8 nitrogen and oxygen atoms in total. The van der Waals surface area contributed by atoms with Crippen molar-refractivity contribution in [3.05, 3.63) is 54.6 Å². The Hall–Kier alpha value is -3.55. The van der Waals surface area contributed by atoms with Crippen molar-refractivity contribution < 1.29 is 23.9 Å². The number of hydrogen-bond acceptors (Lipinski definition) is 5. The molecule has 0 atom stereocenters. The summed E-state index contributed by atoms with van der Waals surface area (Å²) in [6, 6.07) is 15.7. The van der Waals surface area contributed by atoms with Gasteiger partial charge in [-0.3, -0.25) is 9.59 Å². The van der Waals surface area contributed by atoms with Gasteiger partial charge in [0.2, 0.25) is 5.91 Å². The van der Waals surface area contributed by atoms with E-state index in [1.54, 1.807) is 57.2 Å². The second kappa shape index (κ2) is 10.1. The summed E-state index contributed by atoms with van der Waals surface area (Å²) in [6.45, 7) is 4.82. The lowest BCUT2D eigenvalue weighted by atomic mass is 10.2. The van der Waals surface area contributed by atoms with E-state index in [-0.39, 0.29) is 19.1 Å². The lowest BCUT2D eigenvalue weighted by Gasteiger charge is -2.19. The highest BCUT2D eigenvalue weighted by Crippen LogP contribution is 2.15. The van der Waals surface area contributed by atoms with Gasteiger partial charge in [-0.1, -0.05) is 24.3 Å². The van der Waals surface area contributed by atoms with E-state index in [1.165, 1.54) is 0 Å². The molecule has 29 heavy (non-hydrogen) atoms. The van der Waals surface area contributed by atoms with Crippen molar-refractivity contribution in [1.82, 2.24) is 5.32 Å². The normalized spacial score (nSPS) is 10.6. The molecule has 0 spiro atoms. The van der Waals surface area contributed by atoms with E-state index in [9.17, 15) is 14.4 Å². The number of carbonyl (C=O) groups is 3. The summed E-state index contributed by atoms with van der Waals surface area (Å²) in [5.74, 6) is -0.156. The van der Waals surface area contributed by atoms with E-state index in [0.29, 0.717) is 17.1 Å². The highest BCUT2D eigenvalue weighted by molar-refractivity contribution is 5.96. The fourth-order valence-electron chi connectivity index (χ4n) is 2.21. The van der Waals surface area contributed by atoms with Gasteiger partial charge in [0.25, 0.3) is 5.91 Å². The lowest BCUT2D eigenvalue weighted by Crippen LogP contribution is -2.37. The first kappa shape index (κ1) is 21.7. The molecule has 2 rings (SSSR count). The van der Waals surface area contributed by atoms with Gasteiger partial charge in [0, 0.05) is 11.4 Å². The van der Waals surface area contributed by atoms with Gasteiger partial charge in [-0.2, -0.15) is 0 Å². The Balaban J connectivity index is 1.80. The van der Waals surface area contributed by atoms with E-state index in [2.05, 4.69) is 16.0 Å². The van der Waals surface area contributed by atoms with Crippen LogP contribution in [-0.2, 0) is 14.3 Å². The predicted octanol–water partition coefficient (Wildman–Crippen LogP) is 3.17. The summed E-state index contributed by atoms with van der Waals surface area (Å²) in [7, 11) is 0. The van der Waals surface area contributed by atoms with Crippen LogP contribution in [0.3, 0.4) is 0 Å². The molecule has 0 fully saturated rings. The SMILES string of the molecule is CC(C)(C)OC(=O)NCC(=O)Nc1cccc(NC(=O)COc2ccccc2)c1. The standard InChI is InChI=1S/C21H25N3O5/c1-21(2,3)29-20(27)22-13-18(25)23-15-8-7-9-16(12-15)24-19(26)14-28-17-10-5-4-6-11-17/h4-12H,13-14H2,1-3H3,(H,22,27)(H,23,25)(H,24,26). The summed E-state index contributed by atoms with van der Waals surface area (Å²) in [6.07, 6.45) is -0.674. The largest absolute Gasteiger partial charge is 0.484 e. The highest BCUT2D eigenvalue weighted by Gasteiger charge is 2.16. The molecule has 154 valence electrons. The Kier molecular flexibility index (Phi) is 7.59. The van der Waals surface area contributed by atoms with E-state index >= 15 is 0 Å². The van der Waals surface area contributed by atoms with Crippen LogP contribution < -0.4 is 20.7 Å². The van der Waals surface area contributed by atoms with E-state index in [1.807, 2.05) is 18.2 Å². The Morgan fingerprint density at radius 2 is 1.48 bits per heavy atom. The molecule has 0 saturated heterocycles. The molecule has 0 radical (unpaired) electrons. The highest BCUT2D eigenvalue weighted by atomic mass is 16.6. The Bertz CT molecular complexity index is 847. The summed E-state index contributed by atoms with van der Waals surface area (Å²) in [4.78, 5) is 35.6. The molecule has 3 N–H and O–H groups in total. The van der Waals surface area contributed by atoms with Crippen molar-refractivity contribution in [2.24, 2.45) is 0 Å². The third kappa shape index (κ3) is 8.79. The molecule has 0 saturated carbocycles. The van der Waals surface area contributed by atoms with Crippen LogP contribution in [0.25, 0.3) is 0 Å². The number of nitrogens with one attached hydrogen (secondary N) is 3. The topological polar surface area (TPSA) is 106 Å². The monoisotopic (exact) mass is 399 g/mol. The third-order valence-electron chi connectivity index (χ3n) is 3.34. The molecule has 0 unspecified atom stereocenters. The Morgan fingerprint density at radius 3 is 2.10 bits per heavy atom. The zero-order valence-corrected chi connectivity index (χ0v) is 16.7. The third-order valence-corrected chi connectivity index (χ3v) is 3.34. The van der Waals surface area contributed by atoms with Crippen molar-refractivity contribution in [3.63, 3.8) is 0 Å². The average molecular weight is 399 g/mol. The van der Waals surface area contributed by atoms with E-state index < -0.39 is 17.6 Å².